The van der Waals surface area contributed by atoms with E-state index in [2.05, 4.69) is 24.2 Å². The van der Waals surface area contributed by atoms with E-state index in [0.717, 1.165) is 12.1 Å². The number of para-hydroxylation sites is 1. The van der Waals surface area contributed by atoms with Crippen molar-refractivity contribution in [2.24, 2.45) is 16.3 Å². The molecule has 0 bridgehead atoms. The summed E-state index contributed by atoms with van der Waals surface area (Å²) in [6.07, 6.45) is 1.28. The van der Waals surface area contributed by atoms with Crippen molar-refractivity contribution in [3.05, 3.63) is 29.8 Å². The van der Waals surface area contributed by atoms with Crippen molar-refractivity contribution in [1.82, 2.24) is 5.32 Å². The van der Waals surface area contributed by atoms with Crippen LogP contribution in [0, 0.1) is 11.3 Å². The number of hydrogen-bond donors (Lipinski definition) is 2. The highest BCUT2D eigenvalue weighted by atomic mass is 32.1. The fourth-order valence-corrected chi connectivity index (χ4v) is 3.55. The number of carbonyl (C=O) groups is 1. The molecule has 4 nitrogen and oxygen atoms in total. The molecule has 1 aliphatic carbocycles. The molecular weight excluding hydrogens is 284 g/mol. The van der Waals surface area contributed by atoms with Crippen LogP contribution in [0.5, 0.6) is 5.75 Å². The van der Waals surface area contributed by atoms with Gasteiger partial charge in [0.05, 0.1) is 12.0 Å². The first-order valence-electron chi connectivity index (χ1n) is 7.06. The number of benzene rings is 1. The predicted octanol–water partition coefficient (Wildman–Crippen LogP) is 2.77. The highest BCUT2D eigenvalue weighted by molar-refractivity contribution is 7.80. The van der Waals surface area contributed by atoms with Crippen LogP contribution in [0.4, 0.5) is 0 Å². The average Bonchev–Trinajstić information content (AvgIpc) is 2.36. The first-order valence-corrected chi connectivity index (χ1v) is 7.47. The molecule has 1 aromatic carbocycles. The Balaban J connectivity index is 2.05. The number of carbonyl (C=O) groups excluding carboxylic acids is 1. The molecule has 0 saturated heterocycles. The van der Waals surface area contributed by atoms with E-state index in [1.807, 2.05) is 12.1 Å². The van der Waals surface area contributed by atoms with Crippen LogP contribution in [-0.4, -0.2) is 21.7 Å². The molecule has 0 amide bonds. The minimum Gasteiger partial charge on any atom is -0.508 e. The minimum atomic E-state index is -0.335. The largest absolute Gasteiger partial charge is 0.508 e. The van der Waals surface area contributed by atoms with Crippen molar-refractivity contribution >= 4 is 28.8 Å². The van der Waals surface area contributed by atoms with E-state index in [0.29, 0.717) is 17.1 Å². The maximum atomic E-state index is 12.6. The lowest BCUT2D eigenvalue weighted by molar-refractivity contribution is -0.124. The van der Waals surface area contributed by atoms with E-state index in [4.69, 9.17) is 12.2 Å². The topological polar surface area (TPSA) is 61.7 Å². The van der Waals surface area contributed by atoms with Gasteiger partial charge in [0, 0.05) is 17.7 Å². The zero-order valence-electron chi connectivity index (χ0n) is 12.1. The zero-order chi connectivity index (χ0) is 15.2. The molecule has 0 radical (unpaired) electrons. The minimum absolute atomic E-state index is 0.0807. The molecule has 21 heavy (non-hydrogen) atoms. The summed E-state index contributed by atoms with van der Waals surface area (Å²) in [4.78, 5) is 17.0. The molecule has 1 fully saturated rings. The van der Waals surface area contributed by atoms with E-state index < -0.39 is 0 Å². The molecule has 2 unspecified atom stereocenters. The highest BCUT2D eigenvalue weighted by Crippen LogP contribution is 2.42. The number of aromatic hydroxyl groups is 1. The van der Waals surface area contributed by atoms with Gasteiger partial charge in [-0.3, -0.25) is 4.79 Å². The number of aliphatic imine (C=N–C) groups is 1. The lowest BCUT2D eigenvalue weighted by atomic mass is 9.67. The summed E-state index contributed by atoms with van der Waals surface area (Å²) in [5.41, 5.74) is 1.46. The van der Waals surface area contributed by atoms with Crippen molar-refractivity contribution in [3.63, 3.8) is 0 Å². The van der Waals surface area contributed by atoms with Crippen LogP contribution in [0.1, 0.15) is 38.3 Å². The van der Waals surface area contributed by atoms with Gasteiger partial charge in [0.25, 0.3) is 0 Å². The summed E-state index contributed by atoms with van der Waals surface area (Å²) in [6.45, 7) is 4.15. The monoisotopic (exact) mass is 302 g/mol. The third kappa shape index (κ3) is 2.58. The van der Waals surface area contributed by atoms with Crippen LogP contribution in [0.3, 0.4) is 0 Å². The van der Waals surface area contributed by atoms with E-state index in [-0.39, 0.29) is 28.9 Å². The molecular formula is C16H18N2O2S. The molecule has 0 spiro atoms. The Morgan fingerprint density at radius 1 is 1.33 bits per heavy atom. The molecule has 3 rings (SSSR count). The molecule has 1 aromatic rings. The Hall–Kier alpha value is -1.75. The maximum Gasteiger partial charge on any atom is 0.193 e. The number of phenols is 1. The number of phenolic OH excluding ortho intramolecular Hbond substituents is 1. The van der Waals surface area contributed by atoms with Gasteiger partial charge in [-0.1, -0.05) is 32.0 Å². The lowest BCUT2D eigenvalue weighted by Crippen LogP contribution is -2.49. The highest BCUT2D eigenvalue weighted by Gasteiger charge is 2.45. The Morgan fingerprint density at radius 3 is 2.76 bits per heavy atom. The number of rotatable bonds is 1. The van der Waals surface area contributed by atoms with Gasteiger partial charge >= 0.3 is 0 Å². The van der Waals surface area contributed by atoms with Gasteiger partial charge in [-0.2, -0.15) is 0 Å². The lowest BCUT2D eigenvalue weighted by Gasteiger charge is -2.41. The number of Topliss-reactive ketones (excluding diaryl/α,β-unsaturated/α-hetero) is 1. The van der Waals surface area contributed by atoms with E-state index in [9.17, 15) is 9.90 Å². The average molecular weight is 302 g/mol. The first kappa shape index (κ1) is 14.2. The second-order valence-electron chi connectivity index (χ2n) is 6.55. The molecule has 1 saturated carbocycles. The smallest absolute Gasteiger partial charge is 0.193 e. The fourth-order valence-electron chi connectivity index (χ4n) is 3.30. The molecule has 2 aliphatic rings. The molecule has 2 atom stereocenters. The SMILES string of the molecule is CC1(C)CC(=O)C2C(=NC(=S)NC2c2ccccc2O)C1. The predicted molar refractivity (Wildman–Crippen MR) is 85.5 cm³/mol. The summed E-state index contributed by atoms with van der Waals surface area (Å²) in [5, 5.41) is 13.6. The summed E-state index contributed by atoms with van der Waals surface area (Å²) >= 11 is 5.22. The second kappa shape index (κ2) is 4.91. The van der Waals surface area contributed by atoms with Crippen LogP contribution in [0.25, 0.3) is 0 Å². The number of fused-ring (bicyclic) bond motifs is 1. The third-order valence-electron chi connectivity index (χ3n) is 4.15. The van der Waals surface area contributed by atoms with Crippen molar-refractivity contribution in [2.75, 3.05) is 0 Å². The normalized spacial score (nSPS) is 27.6. The van der Waals surface area contributed by atoms with Gasteiger partial charge in [-0.05, 0) is 30.1 Å². The van der Waals surface area contributed by atoms with Crippen LogP contribution >= 0.6 is 12.2 Å². The number of hydrogen-bond acceptors (Lipinski definition) is 3. The van der Waals surface area contributed by atoms with Crippen molar-refractivity contribution < 1.29 is 9.90 Å². The molecule has 0 aromatic heterocycles. The molecule has 1 aliphatic heterocycles. The van der Waals surface area contributed by atoms with E-state index >= 15 is 0 Å². The van der Waals surface area contributed by atoms with Crippen LogP contribution in [-0.2, 0) is 4.79 Å². The summed E-state index contributed by atoms with van der Waals surface area (Å²) in [6, 6.07) is 6.74. The van der Waals surface area contributed by atoms with Gasteiger partial charge in [0.1, 0.15) is 11.5 Å². The van der Waals surface area contributed by atoms with Gasteiger partial charge in [0.15, 0.2) is 5.11 Å². The maximum absolute atomic E-state index is 12.6. The number of thiocarbonyl (C=S) groups is 1. The van der Waals surface area contributed by atoms with Crippen LogP contribution < -0.4 is 5.32 Å². The summed E-state index contributed by atoms with van der Waals surface area (Å²) in [5.74, 6) is 0.00274. The van der Waals surface area contributed by atoms with E-state index in [1.165, 1.54) is 0 Å². The second-order valence-corrected chi connectivity index (χ2v) is 6.94. The fraction of sp³-hybridized carbons (Fsp3) is 0.438. The third-order valence-corrected chi connectivity index (χ3v) is 4.36. The Labute approximate surface area is 129 Å². The summed E-state index contributed by atoms with van der Waals surface area (Å²) in [7, 11) is 0. The molecule has 1 heterocycles. The summed E-state index contributed by atoms with van der Waals surface area (Å²) < 4.78 is 0. The van der Waals surface area contributed by atoms with E-state index in [1.54, 1.807) is 12.1 Å². The molecule has 110 valence electrons. The molecule has 2 N–H and O–H groups in total. The van der Waals surface area contributed by atoms with Gasteiger partial charge in [0.2, 0.25) is 0 Å². The van der Waals surface area contributed by atoms with Crippen LogP contribution in [0.2, 0.25) is 0 Å². The first-order chi connectivity index (χ1) is 9.87. The standard InChI is InChI=1S/C16H18N2O2S/c1-16(2)7-10-13(12(20)8-16)14(18-15(21)17-10)9-5-3-4-6-11(9)19/h3-6,13-14,19H,7-8H2,1-2H3,(H,18,21). The number of nitrogens with one attached hydrogen (secondary N) is 1. The van der Waals surface area contributed by atoms with Crippen molar-refractivity contribution in [2.45, 2.75) is 32.7 Å². The van der Waals surface area contributed by atoms with Crippen LogP contribution in [0.15, 0.2) is 29.3 Å². The Kier molecular flexibility index (Phi) is 3.32. The van der Waals surface area contributed by atoms with Gasteiger partial charge < -0.3 is 10.4 Å². The number of nitrogens with zero attached hydrogens (tertiary/aromatic N) is 1. The quantitative estimate of drug-likeness (QED) is 0.783. The molecule has 5 heteroatoms. The number of ketones is 1. The Bertz CT molecular complexity index is 651. The van der Waals surface area contributed by atoms with Crippen molar-refractivity contribution in [1.29, 1.82) is 0 Å². The zero-order valence-corrected chi connectivity index (χ0v) is 12.9. The Morgan fingerprint density at radius 2 is 2.05 bits per heavy atom. The van der Waals surface area contributed by atoms with Gasteiger partial charge in [-0.25, -0.2) is 4.99 Å². The van der Waals surface area contributed by atoms with Gasteiger partial charge in [-0.15, -0.1) is 0 Å². The van der Waals surface area contributed by atoms with Crippen molar-refractivity contribution in [3.8, 4) is 5.75 Å².